The third-order valence-corrected chi connectivity index (χ3v) is 3.80. The molecule has 0 spiro atoms. The average Bonchev–Trinajstić information content (AvgIpc) is 2.88. The summed E-state index contributed by atoms with van der Waals surface area (Å²) in [6, 6.07) is 7.49. The number of carboxylic acids is 1. The molecular formula is C16H15NO3S. The van der Waals surface area contributed by atoms with Gasteiger partial charge in [0.15, 0.2) is 0 Å². The van der Waals surface area contributed by atoms with Crippen LogP contribution in [0.5, 0.6) is 0 Å². The molecule has 0 radical (unpaired) electrons. The van der Waals surface area contributed by atoms with E-state index in [1.807, 2.05) is 32.0 Å². The Kier molecular flexibility index (Phi) is 4.55. The highest BCUT2D eigenvalue weighted by atomic mass is 32.1. The third kappa shape index (κ3) is 4.03. The van der Waals surface area contributed by atoms with Crippen molar-refractivity contribution in [3.63, 3.8) is 0 Å². The lowest BCUT2D eigenvalue weighted by atomic mass is 10.1. The first-order valence-electron chi connectivity index (χ1n) is 6.34. The zero-order valence-electron chi connectivity index (χ0n) is 11.7. The number of nitrogens with one attached hydrogen (secondary N) is 1. The van der Waals surface area contributed by atoms with Gasteiger partial charge in [-0.3, -0.25) is 4.79 Å². The van der Waals surface area contributed by atoms with E-state index in [0.717, 1.165) is 27.8 Å². The summed E-state index contributed by atoms with van der Waals surface area (Å²) < 4.78 is 0. The number of hydrogen-bond acceptors (Lipinski definition) is 3. The standard InChI is InChI=1S/C16H15NO3S/c1-10-3-5-14(11(2)7-10)17-16(20)12-8-13(21-9-12)4-6-15(18)19/h3-9H,1-2H3,(H,17,20)(H,18,19). The maximum absolute atomic E-state index is 12.2. The van der Waals surface area contributed by atoms with Gasteiger partial charge in [-0.2, -0.15) is 0 Å². The van der Waals surface area contributed by atoms with Gasteiger partial charge in [0.1, 0.15) is 0 Å². The fourth-order valence-corrected chi connectivity index (χ4v) is 2.64. The number of amides is 1. The molecule has 1 amide bonds. The minimum absolute atomic E-state index is 0.201. The molecule has 0 fully saturated rings. The monoisotopic (exact) mass is 301 g/mol. The molecule has 1 aromatic carbocycles. The summed E-state index contributed by atoms with van der Waals surface area (Å²) in [6.45, 7) is 3.94. The largest absolute Gasteiger partial charge is 0.478 e. The molecule has 0 saturated carbocycles. The summed E-state index contributed by atoms with van der Waals surface area (Å²) in [4.78, 5) is 23.3. The second-order valence-electron chi connectivity index (χ2n) is 4.68. The normalized spacial score (nSPS) is 10.8. The number of aryl methyl sites for hydroxylation is 2. The van der Waals surface area contributed by atoms with Crippen LogP contribution < -0.4 is 5.32 Å². The van der Waals surface area contributed by atoms with Gasteiger partial charge in [0.25, 0.3) is 5.91 Å². The van der Waals surface area contributed by atoms with E-state index in [2.05, 4.69) is 5.32 Å². The predicted octanol–water partition coefficient (Wildman–Crippen LogP) is 3.72. The molecule has 2 rings (SSSR count). The molecule has 0 atom stereocenters. The van der Waals surface area contributed by atoms with Crippen LogP contribution in [0.15, 0.2) is 35.7 Å². The van der Waals surface area contributed by atoms with Crippen LogP contribution in [0, 0.1) is 13.8 Å². The first-order valence-corrected chi connectivity index (χ1v) is 7.22. The van der Waals surface area contributed by atoms with Crippen molar-refractivity contribution in [1.82, 2.24) is 0 Å². The van der Waals surface area contributed by atoms with Crippen LogP contribution in [0.4, 0.5) is 5.69 Å². The number of hydrogen-bond donors (Lipinski definition) is 2. The van der Waals surface area contributed by atoms with Gasteiger partial charge in [-0.25, -0.2) is 4.79 Å². The third-order valence-electron chi connectivity index (χ3n) is 2.90. The van der Waals surface area contributed by atoms with Gasteiger partial charge < -0.3 is 10.4 Å². The van der Waals surface area contributed by atoms with E-state index in [1.54, 1.807) is 11.4 Å². The summed E-state index contributed by atoms with van der Waals surface area (Å²) in [5.41, 5.74) is 3.44. The highest BCUT2D eigenvalue weighted by Crippen LogP contribution is 2.20. The van der Waals surface area contributed by atoms with E-state index in [-0.39, 0.29) is 5.91 Å². The van der Waals surface area contributed by atoms with Crippen molar-refractivity contribution in [2.75, 3.05) is 5.32 Å². The Morgan fingerprint density at radius 2 is 2.00 bits per heavy atom. The first-order chi connectivity index (χ1) is 9.95. The Bertz CT molecular complexity index is 716. The van der Waals surface area contributed by atoms with Gasteiger partial charge in [-0.1, -0.05) is 17.7 Å². The lowest BCUT2D eigenvalue weighted by molar-refractivity contribution is -0.131. The van der Waals surface area contributed by atoms with Gasteiger partial charge in [0, 0.05) is 22.0 Å². The van der Waals surface area contributed by atoms with Crippen molar-refractivity contribution in [3.8, 4) is 0 Å². The zero-order chi connectivity index (χ0) is 15.4. The number of benzene rings is 1. The summed E-state index contributed by atoms with van der Waals surface area (Å²) in [7, 11) is 0. The van der Waals surface area contributed by atoms with Crippen molar-refractivity contribution in [3.05, 3.63) is 57.3 Å². The van der Waals surface area contributed by atoms with Crippen molar-refractivity contribution in [2.45, 2.75) is 13.8 Å². The fraction of sp³-hybridized carbons (Fsp3) is 0.125. The Morgan fingerprint density at radius 1 is 1.24 bits per heavy atom. The van der Waals surface area contributed by atoms with Crippen LogP contribution in [0.3, 0.4) is 0 Å². The molecule has 0 bridgehead atoms. The number of carbonyl (C=O) groups is 2. The minimum atomic E-state index is -1.01. The molecule has 0 unspecified atom stereocenters. The quantitative estimate of drug-likeness (QED) is 0.846. The Labute approximate surface area is 126 Å². The molecule has 2 N–H and O–H groups in total. The molecule has 0 aliphatic heterocycles. The maximum atomic E-state index is 12.2. The molecular weight excluding hydrogens is 286 g/mol. The topological polar surface area (TPSA) is 66.4 Å². The van der Waals surface area contributed by atoms with Gasteiger partial charge in [-0.15, -0.1) is 11.3 Å². The number of anilines is 1. The van der Waals surface area contributed by atoms with Crippen molar-refractivity contribution < 1.29 is 14.7 Å². The molecule has 2 aromatic rings. The summed E-state index contributed by atoms with van der Waals surface area (Å²) in [5, 5.41) is 13.1. The van der Waals surface area contributed by atoms with Gasteiger partial charge in [0.05, 0.1) is 5.56 Å². The highest BCUT2D eigenvalue weighted by molar-refractivity contribution is 7.11. The van der Waals surface area contributed by atoms with Crippen LogP contribution >= 0.6 is 11.3 Å². The molecule has 0 aliphatic rings. The summed E-state index contributed by atoms with van der Waals surface area (Å²) in [6.07, 6.45) is 2.53. The van der Waals surface area contributed by atoms with Gasteiger partial charge in [-0.05, 0) is 37.6 Å². The highest BCUT2D eigenvalue weighted by Gasteiger charge is 2.09. The van der Waals surface area contributed by atoms with E-state index in [4.69, 9.17) is 5.11 Å². The van der Waals surface area contributed by atoms with Gasteiger partial charge in [0.2, 0.25) is 0 Å². The number of rotatable bonds is 4. The molecule has 108 valence electrons. The van der Waals surface area contributed by atoms with Gasteiger partial charge >= 0.3 is 5.97 Å². The Hall–Kier alpha value is -2.40. The van der Waals surface area contributed by atoms with Crippen molar-refractivity contribution >= 4 is 35.0 Å². The second kappa shape index (κ2) is 6.37. The molecule has 4 nitrogen and oxygen atoms in total. The molecule has 21 heavy (non-hydrogen) atoms. The SMILES string of the molecule is Cc1ccc(NC(=O)c2csc(C=CC(=O)O)c2)c(C)c1. The predicted molar refractivity (Wildman–Crippen MR) is 84.9 cm³/mol. The lowest BCUT2D eigenvalue weighted by Gasteiger charge is -2.08. The Balaban J connectivity index is 2.12. The molecule has 1 aromatic heterocycles. The fourth-order valence-electron chi connectivity index (χ4n) is 1.86. The number of aliphatic carboxylic acids is 1. The van der Waals surface area contributed by atoms with Crippen molar-refractivity contribution in [2.24, 2.45) is 0 Å². The zero-order valence-corrected chi connectivity index (χ0v) is 12.5. The van der Waals surface area contributed by atoms with Crippen LogP contribution in [0.2, 0.25) is 0 Å². The van der Waals surface area contributed by atoms with E-state index in [1.165, 1.54) is 17.4 Å². The van der Waals surface area contributed by atoms with E-state index >= 15 is 0 Å². The summed E-state index contributed by atoms with van der Waals surface area (Å²) >= 11 is 1.33. The first kappa shape index (κ1) is 15.0. The van der Waals surface area contributed by atoms with E-state index < -0.39 is 5.97 Å². The maximum Gasteiger partial charge on any atom is 0.328 e. The van der Waals surface area contributed by atoms with Crippen LogP contribution in [-0.4, -0.2) is 17.0 Å². The van der Waals surface area contributed by atoms with Crippen molar-refractivity contribution in [1.29, 1.82) is 0 Å². The smallest absolute Gasteiger partial charge is 0.328 e. The minimum Gasteiger partial charge on any atom is -0.478 e. The van der Waals surface area contributed by atoms with Crippen LogP contribution in [0.25, 0.3) is 6.08 Å². The number of thiophene rings is 1. The second-order valence-corrected chi connectivity index (χ2v) is 5.62. The lowest BCUT2D eigenvalue weighted by Crippen LogP contribution is -2.11. The van der Waals surface area contributed by atoms with E-state index in [9.17, 15) is 9.59 Å². The molecule has 5 heteroatoms. The Morgan fingerprint density at radius 3 is 2.67 bits per heavy atom. The molecule has 0 saturated heterocycles. The van der Waals surface area contributed by atoms with E-state index in [0.29, 0.717) is 5.56 Å². The summed E-state index contributed by atoms with van der Waals surface area (Å²) in [5.74, 6) is -1.21. The van der Waals surface area contributed by atoms with Crippen LogP contribution in [-0.2, 0) is 4.79 Å². The molecule has 0 aliphatic carbocycles. The number of carbonyl (C=O) groups excluding carboxylic acids is 1. The molecule has 1 heterocycles. The van der Waals surface area contributed by atoms with Crippen LogP contribution in [0.1, 0.15) is 26.4 Å². The average molecular weight is 301 g/mol. The number of carboxylic acid groups (broad SMARTS) is 1.